The number of nitrogens with zero attached hydrogens (tertiary/aromatic N) is 2. The summed E-state index contributed by atoms with van der Waals surface area (Å²) < 4.78 is 6.22. The average molecular weight is 387 g/mol. The Labute approximate surface area is 164 Å². The Morgan fingerprint density at radius 2 is 1.88 bits per heavy atom. The van der Waals surface area contributed by atoms with Gasteiger partial charge >= 0.3 is 0 Å². The van der Waals surface area contributed by atoms with Gasteiger partial charge in [-0.3, -0.25) is 9.69 Å². The lowest BCUT2D eigenvalue weighted by Gasteiger charge is -2.29. The van der Waals surface area contributed by atoms with Crippen molar-refractivity contribution < 1.29 is 9.53 Å². The van der Waals surface area contributed by atoms with E-state index in [0.717, 1.165) is 29.2 Å². The Morgan fingerprint density at radius 3 is 2.54 bits per heavy atom. The molecule has 2 heterocycles. The summed E-state index contributed by atoms with van der Waals surface area (Å²) in [5.74, 6) is 0.867. The summed E-state index contributed by atoms with van der Waals surface area (Å²) in [5, 5.41) is 0. The number of ether oxygens (including phenoxy) is 1. The van der Waals surface area contributed by atoms with Crippen LogP contribution in [0.3, 0.4) is 0 Å². The molecule has 3 rings (SSSR count). The topological polar surface area (TPSA) is 32.8 Å². The lowest BCUT2D eigenvalue weighted by Crippen LogP contribution is -2.27. The van der Waals surface area contributed by atoms with Crippen molar-refractivity contribution >= 4 is 46.0 Å². The van der Waals surface area contributed by atoms with Crippen LogP contribution in [-0.4, -0.2) is 34.8 Å². The molecule has 0 radical (unpaired) electrons. The second-order valence-electron chi connectivity index (χ2n) is 5.77. The molecule has 2 aliphatic rings. The normalized spacial score (nSPS) is 19.7. The Hall–Kier alpha value is -2.05. The largest absolute Gasteiger partial charge is 0.494 e. The van der Waals surface area contributed by atoms with Gasteiger partial charge in [0, 0.05) is 30.0 Å². The van der Waals surface area contributed by atoms with Crippen molar-refractivity contribution in [1.29, 1.82) is 0 Å². The van der Waals surface area contributed by atoms with E-state index in [0.29, 0.717) is 22.4 Å². The van der Waals surface area contributed by atoms with Gasteiger partial charge in [-0.05, 0) is 57.2 Å². The summed E-state index contributed by atoms with van der Waals surface area (Å²) in [4.78, 5) is 16.9. The lowest BCUT2D eigenvalue weighted by atomic mass is 10.0. The Bertz CT molecular complexity index is 827. The van der Waals surface area contributed by atoms with Crippen molar-refractivity contribution in [1.82, 2.24) is 4.90 Å². The lowest BCUT2D eigenvalue weighted by molar-refractivity contribution is -0.122. The molecule has 6 heteroatoms. The molecule has 0 unspecified atom stereocenters. The molecule has 1 fully saturated rings. The van der Waals surface area contributed by atoms with Crippen LogP contribution in [0.25, 0.3) is 6.08 Å². The van der Waals surface area contributed by atoms with E-state index in [2.05, 4.69) is 36.1 Å². The van der Waals surface area contributed by atoms with Crippen molar-refractivity contribution in [3.63, 3.8) is 0 Å². The highest BCUT2D eigenvalue weighted by atomic mass is 32.2. The zero-order chi connectivity index (χ0) is 18.7. The van der Waals surface area contributed by atoms with Gasteiger partial charge in [-0.2, -0.15) is 0 Å². The predicted octanol–water partition coefficient (Wildman–Crippen LogP) is 4.59. The number of carbonyl (C=O) groups is 1. The number of fused-ring (bicyclic) bond motifs is 1. The predicted molar refractivity (Wildman–Crippen MR) is 113 cm³/mol. The fraction of sp³-hybridized carbons (Fsp3) is 0.300. The highest BCUT2D eigenvalue weighted by molar-refractivity contribution is 8.26. The van der Waals surface area contributed by atoms with Gasteiger partial charge in [-0.25, -0.2) is 0 Å². The zero-order valence-corrected chi connectivity index (χ0v) is 16.8. The minimum Gasteiger partial charge on any atom is -0.494 e. The zero-order valence-electron chi connectivity index (χ0n) is 15.2. The van der Waals surface area contributed by atoms with Gasteiger partial charge in [0.1, 0.15) is 10.1 Å². The van der Waals surface area contributed by atoms with E-state index < -0.39 is 0 Å². The molecule has 0 atom stereocenters. The van der Waals surface area contributed by atoms with Crippen LogP contribution in [0.1, 0.15) is 26.3 Å². The first-order chi connectivity index (χ1) is 12.6. The van der Waals surface area contributed by atoms with Crippen LogP contribution >= 0.6 is 24.0 Å². The summed E-state index contributed by atoms with van der Waals surface area (Å²) in [6.45, 7) is 8.12. The first-order valence-corrected chi connectivity index (χ1v) is 9.99. The quantitative estimate of drug-likeness (QED) is 0.546. The molecule has 0 N–H and O–H groups in total. The Kier molecular flexibility index (Phi) is 5.84. The highest BCUT2D eigenvalue weighted by Gasteiger charge is 2.30. The summed E-state index contributed by atoms with van der Waals surface area (Å²) in [5.41, 5.74) is 3.32. The maximum atomic E-state index is 12.3. The number of likely N-dealkylation sites (N-methyl/N-ethyl adjacent to an activating group) is 2. The van der Waals surface area contributed by atoms with Crippen LogP contribution in [0, 0.1) is 0 Å². The van der Waals surface area contributed by atoms with Gasteiger partial charge in [0.2, 0.25) is 0 Å². The first-order valence-electron chi connectivity index (χ1n) is 8.77. The van der Waals surface area contributed by atoms with Crippen LogP contribution in [0.2, 0.25) is 0 Å². The summed E-state index contributed by atoms with van der Waals surface area (Å²) in [6.07, 6.45) is 8.01. The fourth-order valence-electron chi connectivity index (χ4n) is 3.02. The van der Waals surface area contributed by atoms with Gasteiger partial charge < -0.3 is 9.64 Å². The van der Waals surface area contributed by atoms with Gasteiger partial charge in [-0.15, -0.1) is 0 Å². The molecular formula is C20H22N2O2S2. The maximum Gasteiger partial charge on any atom is 0.266 e. The van der Waals surface area contributed by atoms with Crippen LogP contribution < -0.4 is 9.64 Å². The second-order valence-corrected chi connectivity index (χ2v) is 7.45. The van der Waals surface area contributed by atoms with E-state index in [4.69, 9.17) is 17.0 Å². The second kappa shape index (κ2) is 8.10. The maximum absolute atomic E-state index is 12.3. The summed E-state index contributed by atoms with van der Waals surface area (Å²) in [7, 11) is 0. The van der Waals surface area contributed by atoms with Gasteiger partial charge in [-0.1, -0.05) is 30.1 Å². The number of thioether (sulfide) groups is 1. The molecule has 26 heavy (non-hydrogen) atoms. The van der Waals surface area contributed by atoms with Gasteiger partial charge in [0.25, 0.3) is 5.91 Å². The minimum atomic E-state index is -0.0102. The standard InChI is InChI=1S/C20H22N2O2S2/c1-4-21-15(9-12-18-19(23)22(5-2)20(25)26-18)8-7-14-13-16(24-6-3)10-11-17(14)21/h7-13H,4-6H2,1-3H3/b15-9-,18-12+. The Morgan fingerprint density at radius 1 is 1.12 bits per heavy atom. The highest BCUT2D eigenvalue weighted by Crippen LogP contribution is 2.35. The number of hydrogen-bond acceptors (Lipinski definition) is 5. The van der Waals surface area contributed by atoms with Gasteiger partial charge in [0.05, 0.1) is 11.5 Å². The molecule has 0 bridgehead atoms. The van der Waals surface area contributed by atoms with E-state index >= 15 is 0 Å². The molecule has 2 aliphatic heterocycles. The first kappa shape index (κ1) is 18.7. The van der Waals surface area contributed by atoms with E-state index in [1.807, 2.05) is 32.1 Å². The van der Waals surface area contributed by atoms with Crippen molar-refractivity contribution in [3.05, 3.63) is 52.6 Å². The number of carbonyl (C=O) groups excluding carboxylic acids is 1. The van der Waals surface area contributed by atoms with Crippen LogP contribution in [0.15, 0.2) is 47.0 Å². The molecule has 0 aliphatic carbocycles. The van der Waals surface area contributed by atoms with E-state index in [9.17, 15) is 4.79 Å². The smallest absolute Gasteiger partial charge is 0.266 e. The number of amides is 1. The van der Waals surface area contributed by atoms with Crippen LogP contribution in [0.5, 0.6) is 5.75 Å². The van der Waals surface area contributed by atoms with E-state index in [1.165, 1.54) is 11.8 Å². The monoisotopic (exact) mass is 386 g/mol. The third-order valence-electron chi connectivity index (χ3n) is 4.26. The molecule has 1 saturated heterocycles. The van der Waals surface area contributed by atoms with Crippen molar-refractivity contribution in [2.75, 3.05) is 24.6 Å². The number of thiocarbonyl (C=S) groups is 1. The number of rotatable bonds is 5. The molecule has 0 aromatic heterocycles. The van der Waals surface area contributed by atoms with Crippen LogP contribution in [-0.2, 0) is 4.79 Å². The fourth-order valence-corrected chi connectivity index (χ4v) is 4.34. The van der Waals surface area contributed by atoms with Gasteiger partial charge in [0.15, 0.2) is 0 Å². The minimum absolute atomic E-state index is 0.0102. The average Bonchev–Trinajstić information content (AvgIpc) is 2.92. The molecule has 0 saturated carbocycles. The molecule has 4 nitrogen and oxygen atoms in total. The number of anilines is 1. The molecular weight excluding hydrogens is 364 g/mol. The number of benzene rings is 1. The third kappa shape index (κ3) is 3.57. The molecule has 136 valence electrons. The summed E-state index contributed by atoms with van der Waals surface area (Å²) >= 11 is 6.63. The molecule has 1 amide bonds. The van der Waals surface area contributed by atoms with Crippen LogP contribution in [0.4, 0.5) is 5.69 Å². The van der Waals surface area contributed by atoms with E-state index in [-0.39, 0.29) is 5.91 Å². The summed E-state index contributed by atoms with van der Waals surface area (Å²) in [6, 6.07) is 6.13. The van der Waals surface area contributed by atoms with Crippen molar-refractivity contribution in [3.8, 4) is 5.75 Å². The number of hydrogen-bond donors (Lipinski definition) is 0. The van der Waals surface area contributed by atoms with E-state index in [1.54, 1.807) is 4.90 Å². The Balaban J connectivity index is 1.89. The molecule has 0 spiro atoms. The number of allylic oxidation sites excluding steroid dienone is 3. The van der Waals surface area contributed by atoms with Crippen molar-refractivity contribution in [2.24, 2.45) is 0 Å². The van der Waals surface area contributed by atoms with Crippen molar-refractivity contribution in [2.45, 2.75) is 20.8 Å². The molecule has 1 aromatic rings. The molecule has 1 aromatic carbocycles. The third-order valence-corrected chi connectivity index (χ3v) is 5.65. The SMILES string of the molecule is CCOc1ccc2c(c1)C=C/C(=C/C=C1/SC(=S)N(CC)C1=O)N2CC.